The van der Waals surface area contributed by atoms with Gasteiger partial charge in [0.15, 0.2) is 0 Å². The number of carboxylic acid groups (broad SMARTS) is 1. The largest absolute Gasteiger partial charge is 0.481 e. The molecule has 0 saturated heterocycles. The summed E-state index contributed by atoms with van der Waals surface area (Å²) in [4.78, 5) is 54.6. The Morgan fingerprint density at radius 2 is 1.51 bits per heavy atom. The van der Waals surface area contributed by atoms with E-state index in [1.807, 2.05) is 20.8 Å². The maximum absolute atomic E-state index is 11.1. The number of hydrogen-bond acceptors (Lipinski definition) is 7. The SMILES string of the molecule is CC.CC(C)C.CCCCC(=O)NCOCCOCCC(=O)O.O=CCCCCCN1C(=O)C=CC1=O. The molecule has 1 aliphatic rings. The van der Waals surface area contributed by atoms with Crippen molar-refractivity contribution in [3.63, 3.8) is 0 Å². The molecule has 1 heterocycles. The van der Waals surface area contributed by atoms with Crippen molar-refractivity contribution < 1.29 is 38.6 Å². The third-order valence-electron chi connectivity index (χ3n) is 4.07. The van der Waals surface area contributed by atoms with Crippen LogP contribution in [0.5, 0.6) is 0 Å². The van der Waals surface area contributed by atoms with Crippen LogP contribution in [0, 0.1) is 5.92 Å². The van der Waals surface area contributed by atoms with Crippen LogP contribution in [0.25, 0.3) is 0 Å². The molecular formula is C27H50N2O8. The third-order valence-corrected chi connectivity index (χ3v) is 4.07. The highest BCUT2D eigenvalue weighted by atomic mass is 16.5. The minimum atomic E-state index is -0.880. The number of carbonyl (C=O) groups excluding carboxylic acids is 4. The summed E-state index contributed by atoms with van der Waals surface area (Å²) in [6.45, 7) is 14.0. The molecule has 0 unspecified atom stereocenters. The number of aliphatic carboxylic acids is 1. The molecule has 0 aliphatic carbocycles. The molecule has 0 saturated carbocycles. The Bertz CT molecular complexity index is 615. The first-order chi connectivity index (χ1) is 17.6. The fourth-order valence-corrected chi connectivity index (χ4v) is 2.33. The van der Waals surface area contributed by atoms with Gasteiger partial charge in [0.1, 0.15) is 13.0 Å². The number of hydrogen-bond donors (Lipinski definition) is 2. The van der Waals surface area contributed by atoms with Crippen LogP contribution in [0.2, 0.25) is 0 Å². The Morgan fingerprint density at radius 1 is 0.946 bits per heavy atom. The molecule has 1 aliphatic heterocycles. The van der Waals surface area contributed by atoms with Crippen molar-refractivity contribution in [1.29, 1.82) is 0 Å². The fraction of sp³-hybridized carbons (Fsp3) is 0.741. The van der Waals surface area contributed by atoms with Crippen LogP contribution in [0.4, 0.5) is 0 Å². The Morgan fingerprint density at radius 3 is 2.03 bits per heavy atom. The molecule has 0 fully saturated rings. The molecule has 2 N–H and O–H groups in total. The van der Waals surface area contributed by atoms with E-state index in [1.54, 1.807) is 0 Å². The van der Waals surface area contributed by atoms with Crippen LogP contribution in [-0.2, 0) is 33.4 Å². The molecule has 1 rings (SSSR count). The Balaban J connectivity index is -0.000000520. The maximum Gasteiger partial charge on any atom is 0.305 e. The summed E-state index contributed by atoms with van der Waals surface area (Å²) < 4.78 is 10.1. The van der Waals surface area contributed by atoms with E-state index in [4.69, 9.17) is 14.6 Å². The van der Waals surface area contributed by atoms with Gasteiger partial charge in [-0.05, 0) is 25.2 Å². The minimum Gasteiger partial charge on any atom is -0.481 e. The highest BCUT2D eigenvalue weighted by Crippen LogP contribution is 2.07. The molecule has 0 aromatic rings. The van der Waals surface area contributed by atoms with Gasteiger partial charge in [0.05, 0.1) is 26.2 Å². The number of nitrogens with zero attached hydrogens (tertiary/aromatic N) is 1. The van der Waals surface area contributed by atoms with Gasteiger partial charge < -0.3 is 24.7 Å². The van der Waals surface area contributed by atoms with E-state index in [1.165, 1.54) is 17.1 Å². The summed E-state index contributed by atoms with van der Waals surface area (Å²) in [5, 5.41) is 10.9. The van der Waals surface area contributed by atoms with Crippen molar-refractivity contribution in [2.24, 2.45) is 5.92 Å². The van der Waals surface area contributed by atoms with Crippen molar-refractivity contribution in [2.75, 3.05) is 33.1 Å². The predicted molar refractivity (Wildman–Crippen MR) is 144 cm³/mol. The first-order valence-corrected chi connectivity index (χ1v) is 13.3. The second-order valence-corrected chi connectivity index (χ2v) is 8.42. The lowest BCUT2D eigenvalue weighted by molar-refractivity contribution is -0.139. The van der Waals surface area contributed by atoms with Gasteiger partial charge in [-0.15, -0.1) is 0 Å². The predicted octanol–water partition coefficient (Wildman–Crippen LogP) is 4.12. The van der Waals surface area contributed by atoms with Gasteiger partial charge in [0, 0.05) is 31.5 Å². The highest BCUT2D eigenvalue weighted by molar-refractivity contribution is 6.12. The fourth-order valence-electron chi connectivity index (χ4n) is 2.33. The van der Waals surface area contributed by atoms with Crippen molar-refractivity contribution in [3.05, 3.63) is 12.2 Å². The molecule has 10 nitrogen and oxygen atoms in total. The third kappa shape index (κ3) is 31.4. The lowest BCUT2D eigenvalue weighted by atomic mass is 10.2. The number of unbranched alkanes of at least 4 members (excludes halogenated alkanes) is 4. The van der Waals surface area contributed by atoms with E-state index in [0.717, 1.165) is 44.3 Å². The van der Waals surface area contributed by atoms with Gasteiger partial charge in [-0.3, -0.25) is 24.1 Å². The summed E-state index contributed by atoms with van der Waals surface area (Å²) in [5.41, 5.74) is 0. The summed E-state index contributed by atoms with van der Waals surface area (Å²) >= 11 is 0. The molecule has 0 bridgehead atoms. The van der Waals surface area contributed by atoms with Crippen molar-refractivity contribution in [1.82, 2.24) is 10.2 Å². The lowest BCUT2D eigenvalue weighted by Gasteiger charge is -2.12. The molecule has 10 heteroatoms. The zero-order valence-corrected chi connectivity index (χ0v) is 23.8. The normalized spacial score (nSPS) is 11.6. The number of aldehydes is 1. The van der Waals surface area contributed by atoms with E-state index < -0.39 is 5.97 Å². The van der Waals surface area contributed by atoms with Gasteiger partial charge in [0.2, 0.25) is 5.91 Å². The second kappa shape index (κ2) is 29.6. The van der Waals surface area contributed by atoms with Crippen molar-refractivity contribution in [3.8, 4) is 0 Å². The summed E-state index contributed by atoms with van der Waals surface area (Å²) in [6, 6.07) is 0. The van der Waals surface area contributed by atoms with E-state index in [-0.39, 0.29) is 37.5 Å². The second-order valence-electron chi connectivity index (χ2n) is 8.42. The molecule has 0 atom stereocenters. The van der Waals surface area contributed by atoms with Crippen LogP contribution in [0.3, 0.4) is 0 Å². The van der Waals surface area contributed by atoms with E-state index in [2.05, 4.69) is 26.1 Å². The Labute approximate surface area is 223 Å². The summed E-state index contributed by atoms with van der Waals surface area (Å²) in [7, 11) is 0. The van der Waals surface area contributed by atoms with E-state index >= 15 is 0 Å². The van der Waals surface area contributed by atoms with Crippen LogP contribution in [0.1, 0.15) is 92.9 Å². The van der Waals surface area contributed by atoms with Crippen LogP contribution < -0.4 is 5.32 Å². The first kappa shape index (κ1) is 38.9. The number of amides is 3. The molecule has 3 amide bonds. The number of carboxylic acids is 1. The quantitative estimate of drug-likeness (QED) is 0.124. The lowest BCUT2D eigenvalue weighted by Crippen LogP contribution is -2.30. The molecule has 37 heavy (non-hydrogen) atoms. The van der Waals surface area contributed by atoms with Crippen LogP contribution in [-0.4, -0.2) is 73.1 Å². The molecule has 0 aromatic heterocycles. The van der Waals surface area contributed by atoms with Crippen LogP contribution in [0.15, 0.2) is 12.2 Å². The zero-order valence-electron chi connectivity index (χ0n) is 23.8. The van der Waals surface area contributed by atoms with Crippen LogP contribution >= 0.6 is 0 Å². The minimum absolute atomic E-state index is 0.00620. The molecule has 0 radical (unpaired) electrons. The Kier molecular flexibility index (Phi) is 31.2. The Hall–Kier alpha value is -2.59. The monoisotopic (exact) mass is 530 g/mol. The van der Waals surface area contributed by atoms with Gasteiger partial charge in [-0.2, -0.15) is 0 Å². The number of nitrogens with one attached hydrogen (secondary N) is 1. The van der Waals surface area contributed by atoms with Gasteiger partial charge in [0.25, 0.3) is 11.8 Å². The zero-order chi connectivity index (χ0) is 28.9. The highest BCUT2D eigenvalue weighted by Gasteiger charge is 2.21. The average Bonchev–Trinajstić information content (AvgIpc) is 3.17. The molecule has 0 aromatic carbocycles. The molecule has 216 valence electrons. The standard InChI is InChI=1S/C11H21NO5.C10H13NO3.C4H10.C2H6/c1-2-3-4-10(13)12-9-17-8-7-16-6-5-11(14)15;12-8-4-2-1-3-7-11-9(13)5-6-10(11)14;1-4(2)3;1-2/h2-9H2,1H3,(H,12,13)(H,14,15);5-6,8H,1-4,7H2;4H,1-3H3;1-2H3. The van der Waals surface area contributed by atoms with E-state index in [0.29, 0.717) is 32.6 Å². The van der Waals surface area contributed by atoms with Crippen molar-refractivity contribution >= 4 is 30.0 Å². The van der Waals surface area contributed by atoms with Crippen molar-refractivity contribution in [2.45, 2.75) is 92.9 Å². The summed E-state index contributed by atoms with van der Waals surface area (Å²) in [5.74, 6) is -0.525. The maximum atomic E-state index is 11.1. The number of carbonyl (C=O) groups is 5. The molecule has 0 spiro atoms. The topological polar surface area (TPSA) is 139 Å². The smallest absolute Gasteiger partial charge is 0.305 e. The van der Waals surface area contributed by atoms with Gasteiger partial charge in [-0.25, -0.2) is 0 Å². The average molecular weight is 531 g/mol. The van der Waals surface area contributed by atoms with E-state index in [9.17, 15) is 24.0 Å². The number of rotatable bonds is 17. The first-order valence-electron chi connectivity index (χ1n) is 13.3. The number of ether oxygens (including phenoxy) is 2. The number of imide groups is 1. The molecular weight excluding hydrogens is 480 g/mol. The van der Waals surface area contributed by atoms with Gasteiger partial charge >= 0.3 is 5.97 Å². The van der Waals surface area contributed by atoms with Gasteiger partial charge in [-0.1, -0.05) is 54.4 Å². The summed E-state index contributed by atoms with van der Waals surface area (Å²) in [6.07, 6.45) is 8.86.